The molecule has 0 unspecified atom stereocenters. The molecule has 0 amide bonds. The number of para-hydroxylation sites is 1. The molecule has 0 saturated heterocycles. The lowest BCUT2D eigenvalue weighted by atomic mass is 9.89. The van der Waals surface area contributed by atoms with Gasteiger partial charge in [-0.1, -0.05) is 56.1 Å². The molecule has 1 aliphatic rings. The summed E-state index contributed by atoms with van der Waals surface area (Å²) in [7, 11) is 3.82. The highest BCUT2D eigenvalue weighted by Gasteiger charge is 2.35. The van der Waals surface area contributed by atoms with Gasteiger partial charge in [0.25, 0.3) is 0 Å². The maximum atomic E-state index is 13.3. The fraction of sp³-hybridized carbons (Fsp3) is 0.375. The van der Waals surface area contributed by atoms with E-state index in [4.69, 9.17) is 9.97 Å². The van der Waals surface area contributed by atoms with Crippen LogP contribution < -0.4 is 19.7 Å². The van der Waals surface area contributed by atoms with Crippen molar-refractivity contribution in [1.82, 2.24) is 14.9 Å². The second-order valence-electron chi connectivity index (χ2n) is 11.4. The van der Waals surface area contributed by atoms with Crippen molar-refractivity contribution in [3.05, 3.63) is 80.7 Å². The van der Waals surface area contributed by atoms with Gasteiger partial charge in [-0.2, -0.15) is 4.98 Å². The first-order valence-corrected chi connectivity index (χ1v) is 16.2. The van der Waals surface area contributed by atoms with E-state index in [9.17, 15) is 26.3 Å². The topological polar surface area (TPSA) is 62.8 Å². The van der Waals surface area contributed by atoms with E-state index in [0.717, 1.165) is 16.7 Å². The summed E-state index contributed by atoms with van der Waals surface area (Å²) < 4.78 is 89.4. The number of hydrogen-bond acceptors (Lipinski definition) is 7. The zero-order chi connectivity index (χ0) is 33.9. The first-order chi connectivity index (χ1) is 22.1. The Labute approximate surface area is 284 Å². The molecule has 7 nitrogen and oxygen atoms in total. The van der Waals surface area contributed by atoms with E-state index in [2.05, 4.69) is 46.7 Å². The van der Waals surface area contributed by atoms with E-state index in [1.165, 1.54) is 24.3 Å². The van der Waals surface area contributed by atoms with Crippen LogP contribution in [0.4, 0.5) is 38.1 Å². The summed E-state index contributed by atoms with van der Waals surface area (Å²) in [4.78, 5) is 13.2. The molecule has 1 aromatic heterocycles. The Hall–Kier alpha value is -3.30. The Morgan fingerprint density at radius 2 is 1.30 bits per heavy atom. The van der Waals surface area contributed by atoms with Crippen LogP contribution in [-0.4, -0.2) is 53.8 Å². The number of nitrogens with zero attached hydrogens (tertiary/aromatic N) is 4. The predicted octanol–water partition coefficient (Wildman–Crippen LogP) is 9.44. The smallest absolute Gasteiger partial charge is 0.405 e. The van der Waals surface area contributed by atoms with Crippen molar-refractivity contribution >= 4 is 54.5 Å². The molecule has 5 rings (SSSR count). The third-order valence-corrected chi connectivity index (χ3v) is 8.80. The van der Waals surface area contributed by atoms with E-state index >= 15 is 0 Å². The number of fused-ring (bicyclic) bond motifs is 1. The third kappa shape index (κ3) is 9.63. The van der Waals surface area contributed by atoms with Crippen LogP contribution in [0.3, 0.4) is 0 Å². The Bertz CT molecular complexity index is 1630. The quantitative estimate of drug-likeness (QED) is 0.161. The Kier molecular flexibility index (Phi) is 10.8. The van der Waals surface area contributed by atoms with E-state index < -0.39 is 12.7 Å². The van der Waals surface area contributed by atoms with Crippen LogP contribution in [0, 0.1) is 0 Å². The largest absolute Gasteiger partial charge is 0.573 e. The average Bonchev–Trinajstić information content (AvgIpc) is 2.97. The molecule has 0 atom stereocenters. The molecule has 4 aromatic rings. The molecular weight excluding hydrogens is 760 g/mol. The van der Waals surface area contributed by atoms with Crippen LogP contribution in [0.25, 0.3) is 10.9 Å². The van der Waals surface area contributed by atoms with Crippen molar-refractivity contribution in [1.29, 1.82) is 0 Å². The zero-order valence-electron chi connectivity index (χ0n) is 25.3. The molecule has 1 fully saturated rings. The summed E-state index contributed by atoms with van der Waals surface area (Å²) in [6, 6.07) is 16.2. The van der Waals surface area contributed by atoms with Gasteiger partial charge < -0.3 is 19.7 Å². The lowest BCUT2D eigenvalue weighted by Gasteiger charge is -2.38. The molecule has 1 N–H and O–H groups in total. The molecule has 0 aliphatic heterocycles. The molecule has 0 radical (unpaired) electrons. The first kappa shape index (κ1) is 35.0. The van der Waals surface area contributed by atoms with Crippen molar-refractivity contribution in [2.75, 3.05) is 24.3 Å². The highest BCUT2D eigenvalue weighted by molar-refractivity contribution is 9.10. The van der Waals surface area contributed by atoms with E-state index in [1.807, 2.05) is 48.2 Å². The molecule has 15 heteroatoms. The fourth-order valence-electron chi connectivity index (χ4n) is 5.74. The Morgan fingerprint density at radius 3 is 1.81 bits per heavy atom. The van der Waals surface area contributed by atoms with E-state index in [1.54, 1.807) is 12.1 Å². The number of alkyl halides is 6. The van der Waals surface area contributed by atoms with Crippen LogP contribution in [0.15, 0.2) is 69.6 Å². The maximum absolute atomic E-state index is 13.3. The second kappa shape index (κ2) is 14.4. The van der Waals surface area contributed by atoms with Crippen molar-refractivity contribution in [3.8, 4) is 11.5 Å². The lowest BCUT2D eigenvalue weighted by molar-refractivity contribution is -0.275. The van der Waals surface area contributed by atoms with Gasteiger partial charge in [0.1, 0.15) is 17.3 Å². The molecule has 0 spiro atoms. The summed E-state index contributed by atoms with van der Waals surface area (Å²) in [6.45, 7) is -0.0219. The minimum atomic E-state index is -4.93. The molecule has 3 aromatic carbocycles. The van der Waals surface area contributed by atoms with Crippen molar-refractivity contribution in [2.24, 2.45) is 0 Å². The summed E-state index contributed by atoms with van der Waals surface area (Å²) in [5.41, 5.74) is 1.27. The predicted molar refractivity (Wildman–Crippen MR) is 174 cm³/mol. The summed E-state index contributed by atoms with van der Waals surface area (Å²) >= 11 is 6.39. The highest BCUT2D eigenvalue weighted by atomic mass is 79.9. The molecule has 47 heavy (non-hydrogen) atoms. The number of hydrogen-bond donors (Lipinski definition) is 1. The zero-order valence-corrected chi connectivity index (χ0v) is 28.5. The van der Waals surface area contributed by atoms with Gasteiger partial charge in [0.05, 0.1) is 5.52 Å². The maximum Gasteiger partial charge on any atom is 0.573 e. The number of rotatable bonds is 10. The van der Waals surface area contributed by atoms with Crippen molar-refractivity contribution in [2.45, 2.75) is 63.6 Å². The van der Waals surface area contributed by atoms with Gasteiger partial charge in [-0.05, 0) is 62.1 Å². The van der Waals surface area contributed by atoms with Gasteiger partial charge in [-0.3, -0.25) is 4.90 Å². The van der Waals surface area contributed by atoms with Gasteiger partial charge in [0.15, 0.2) is 0 Å². The van der Waals surface area contributed by atoms with E-state index in [-0.39, 0.29) is 47.8 Å². The molecule has 252 valence electrons. The first-order valence-electron chi connectivity index (χ1n) is 14.7. The third-order valence-electron chi connectivity index (χ3n) is 7.81. The van der Waals surface area contributed by atoms with Crippen molar-refractivity contribution < 1.29 is 35.8 Å². The van der Waals surface area contributed by atoms with Crippen LogP contribution >= 0.6 is 31.9 Å². The second-order valence-corrected chi connectivity index (χ2v) is 13.3. The summed E-state index contributed by atoms with van der Waals surface area (Å²) in [5, 5.41) is 4.36. The standard InChI is InChI=1S/C32H31Br2F6N5O2/c1-44(2)29-25-5-3-4-6-26(25)42-30(43-29)41-23-11-13-24(14-12-23)45(17-19-7-9-21(33)15-27(19)46-31(35,36)37)18-20-8-10-22(34)16-28(20)47-32(38,39)40/h3-10,15-16,23-24H,11-14,17-18H2,1-2H3,(H,41,42,43). The van der Waals surface area contributed by atoms with Crippen LogP contribution in [0.5, 0.6) is 11.5 Å². The van der Waals surface area contributed by atoms with Crippen molar-refractivity contribution in [3.63, 3.8) is 0 Å². The molecule has 0 bridgehead atoms. The minimum Gasteiger partial charge on any atom is -0.405 e. The molecule has 1 saturated carbocycles. The average molecular weight is 791 g/mol. The number of ether oxygens (including phenoxy) is 2. The minimum absolute atomic E-state index is 0.0110. The van der Waals surface area contributed by atoms with Gasteiger partial charge >= 0.3 is 12.7 Å². The molecule has 1 aliphatic carbocycles. The Balaban J connectivity index is 1.39. The fourth-order valence-corrected chi connectivity index (χ4v) is 6.42. The number of halogens is 8. The number of aromatic nitrogens is 2. The normalized spacial score (nSPS) is 17.2. The van der Waals surface area contributed by atoms with Gasteiger partial charge in [-0.25, -0.2) is 4.98 Å². The number of nitrogens with one attached hydrogen (secondary N) is 1. The SMILES string of the molecule is CN(C)c1nc(NC2CCC(N(Cc3ccc(Br)cc3OC(F)(F)F)Cc3ccc(Br)cc3OC(F)(F)F)CC2)nc2ccccc12. The van der Waals surface area contributed by atoms with Crippen LogP contribution in [0.1, 0.15) is 36.8 Å². The summed E-state index contributed by atoms with van der Waals surface area (Å²) in [5.74, 6) is 0.482. The molecule has 1 heterocycles. The highest BCUT2D eigenvalue weighted by Crippen LogP contribution is 2.36. The van der Waals surface area contributed by atoms with Gasteiger partial charge in [0, 0.05) is 64.7 Å². The van der Waals surface area contributed by atoms with Gasteiger partial charge in [0.2, 0.25) is 5.95 Å². The Morgan fingerprint density at radius 1 is 0.766 bits per heavy atom. The van der Waals surface area contributed by atoms with Crippen LogP contribution in [0.2, 0.25) is 0 Å². The lowest BCUT2D eigenvalue weighted by Crippen LogP contribution is -2.40. The van der Waals surface area contributed by atoms with Crippen LogP contribution in [-0.2, 0) is 13.1 Å². The number of anilines is 2. The van der Waals surface area contributed by atoms with Gasteiger partial charge in [-0.15, -0.1) is 26.3 Å². The summed E-state index contributed by atoms with van der Waals surface area (Å²) in [6.07, 6.45) is -7.28. The number of benzene rings is 3. The molecular formula is C32H31Br2F6N5O2. The van der Waals surface area contributed by atoms with E-state index in [0.29, 0.717) is 40.6 Å². The monoisotopic (exact) mass is 789 g/mol.